The molecule has 0 amide bonds. The van der Waals surface area contributed by atoms with Gasteiger partial charge in [0.2, 0.25) is 0 Å². The van der Waals surface area contributed by atoms with Gasteiger partial charge >= 0.3 is 18.1 Å². The summed E-state index contributed by atoms with van der Waals surface area (Å²) >= 11 is 0. The summed E-state index contributed by atoms with van der Waals surface area (Å²) in [5.74, 6) is -11.3. The van der Waals surface area contributed by atoms with Crippen LogP contribution in [-0.4, -0.2) is 84.7 Å². The summed E-state index contributed by atoms with van der Waals surface area (Å²) in [5, 5.41) is 29.3. The van der Waals surface area contributed by atoms with Gasteiger partial charge in [-0.15, -0.1) is 0 Å². The second kappa shape index (κ2) is 8.23. The van der Waals surface area contributed by atoms with E-state index in [2.05, 4.69) is 4.74 Å². The molecular weight excluding hydrogens is 361 g/mol. The summed E-state index contributed by atoms with van der Waals surface area (Å²) in [7, 11) is 2.21. The minimum Gasteiger partial charge on any atom is -0.544 e. The molecule has 0 rings (SSSR count). The molecule has 0 saturated heterocycles. The maximum Gasteiger partial charge on any atom is 0.453 e. The van der Waals surface area contributed by atoms with E-state index in [1.165, 1.54) is 0 Å². The number of aliphatic hydroxyl groups is 2. The normalized spacial score (nSPS) is 16.9. The molecule has 0 radical (unpaired) electrons. The van der Waals surface area contributed by atoms with Crippen molar-refractivity contribution in [2.45, 2.75) is 31.2 Å². The van der Waals surface area contributed by atoms with Gasteiger partial charge in [0.05, 0.1) is 39.2 Å². The quantitative estimate of drug-likeness (QED) is 0.299. The lowest BCUT2D eigenvalue weighted by molar-refractivity contribution is -0.914. The molecule has 0 aliphatic rings. The molecule has 2 N–H and O–H groups in total. The molecule has 0 fully saturated rings. The average Bonchev–Trinajstić information content (AvgIpc) is 2.35. The Hall–Kier alpha value is -1.53. The van der Waals surface area contributed by atoms with Crippen molar-refractivity contribution in [2.75, 3.05) is 33.9 Å². The van der Waals surface area contributed by atoms with Crippen LogP contribution < -0.4 is 5.11 Å². The van der Waals surface area contributed by atoms with Crippen LogP contribution in [0, 0.1) is 5.92 Å². The molecule has 148 valence electrons. The zero-order valence-electron chi connectivity index (χ0n) is 13.7. The first-order chi connectivity index (χ1) is 11.1. The molecular formula is C13H20F5NO6. The lowest BCUT2D eigenvalue weighted by Crippen LogP contribution is -2.65. The highest BCUT2D eigenvalue weighted by atomic mass is 19.4. The number of aliphatic carboxylic acids is 1. The van der Waals surface area contributed by atoms with Gasteiger partial charge in [0, 0.05) is 6.92 Å². The van der Waals surface area contributed by atoms with Crippen LogP contribution in [0.15, 0.2) is 0 Å². The van der Waals surface area contributed by atoms with E-state index in [0.717, 1.165) is 21.0 Å². The van der Waals surface area contributed by atoms with Gasteiger partial charge < -0.3 is 29.3 Å². The van der Waals surface area contributed by atoms with Gasteiger partial charge in [0.15, 0.2) is 12.1 Å². The number of halogens is 5. The van der Waals surface area contributed by atoms with Gasteiger partial charge in [0.1, 0.15) is 6.54 Å². The lowest BCUT2D eigenvalue weighted by Gasteiger charge is -2.44. The van der Waals surface area contributed by atoms with Crippen LogP contribution in [0.1, 0.15) is 6.92 Å². The van der Waals surface area contributed by atoms with Crippen LogP contribution in [0.25, 0.3) is 0 Å². The molecule has 0 aliphatic heterocycles. The van der Waals surface area contributed by atoms with Crippen molar-refractivity contribution in [2.24, 2.45) is 5.92 Å². The smallest absolute Gasteiger partial charge is 0.453 e. The molecule has 0 aromatic rings. The van der Waals surface area contributed by atoms with Crippen LogP contribution in [0.3, 0.4) is 0 Å². The summed E-state index contributed by atoms with van der Waals surface area (Å²) < 4.78 is 69.2. The fraction of sp³-hybridized carbons (Fsp3) is 0.846. The van der Waals surface area contributed by atoms with E-state index in [1.54, 1.807) is 0 Å². The predicted octanol–water partition coefficient (Wildman–Crippen LogP) is -1.09. The number of ether oxygens (including phenoxy) is 1. The Morgan fingerprint density at radius 2 is 1.60 bits per heavy atom. The molecule has 0 aliphatic carbocycles. The van der Waals surface area contributed by atoms with E-state index in [4.69, 9.17) is 5.11 Å². The third-order valence-corrected chi connectivity index (χ3v) is 3.74. The molecule has 0 saturated carbocycles. The molecule has 0 bridgehead atoms. The van der Waals surface area contributed by atoms with Crippen molar-refractivity contribution in [1.29, 1.82) is 0 Å². The predicted molar refractivity (Wildman–Crippen MR) is 70.0 cm³/mol. The van der Waals surface area contributed by atoms with Crippen LogP contribution in [-0.2, 0) is 14.3 Å². The fourth-order valence-corrected chi connectivity index (χ4v) is 2.43. The molecule has 7 nitrogen and oxygen atoms in total. The molecule has 3 atom stereocenters. The number of quaternary nitrogens is 1. The monoisotopic (exact) mass is 381 g/mol. The molecule has 25 heavy (non-hydrogen) atoms. The summed E-state index contributed by atoms with van der Waals surface area (Å²) in [6.07, 6.45) is -8.39. The van der Waals surface area contributed by atoms with Gasteiger partial charge in [-0.2, -0.15) is 22.0 Å². The number of carboxylic acids is 1. The Labute approximate surface area is 140 Å². The van der Waals surface area contributed by atoms with E-state index >= 15 is 0 Å². The number of alkyl halides is 5. The molecule has 12 heteroatoms. The molecule has 0 aromatic carbocycles. The number of carbonyl (C=O) groups excluding carboxylic acids is 2. The molecule has 0 heterocycles. The number of nitrogens with zero attached hydrogens (tertiary/aromatic N) is 1. The number of hydrogen-bond donors (Lipinski definition) is 2. The van der Waals surface area contributed by atoms with E-state index in [9.17, 15) is 41.8 Å². The number of aliphatic hydroxyl groups excluding tert-OH is 2. The van der Waals surface area contributed by atoms with Crippen molar-refractivity contribution in [3.63, 3.8) is 0 Å². The first-order valence-electron chi connectivity index (χ1n) is 6.97. The first kappa shape index (κ1) is 23.5. The Kier molecular flexibility index (Phi) is 7.73. The SMILES string of the molecule is CC(=O)OC(C(CO)C(F)(F)C(F)(F)F)C(CO)[N+](C)(C)CC(=O)[O-]. The van der Waals surface area contributed by atoms with E-state index in [-0.39, 0.29) is 0 Å². The topological polar surface area (TPSA) is 107 Å². The fourth-order valence-electron chi connectivity index (χ4n) is 2.43. The minimum absolute atomic E-state index is 0.736. The van der Waals surface area contributed by atoms with Gasteiger partial charge in [-0.3, -0.25) is 4.79 Å². The van der Waals surface area contributed by atoms with Crippen molar-refractivity contribution >= 4 is 11.9 Å². The van der Waals surface area contributed by atoms with Gasteiger partial charge in [-0.25, -0.2) is 0 Å². The van der Waals surface area contributed by atoms with E-state index < -0.39 is 66.3 Å². The van der Waals surface area contributed by atoms with Crippen LogP contribution in [0.2, 0.25) is 0 Å². The third-order valence-electron chi connectivity index (χ3n) is 3.74. The minimum atomic E-state index is -6.07. The second-order valence-electron chi connectivity index (χ2n) is 6.04. The number of likely N-dealkylation sites (N-methyl/N-ethyl adjacent to an activating group) is 1. The number of hydrogen-bond acceptors (Lipinski definition) is 6. The second-order valence-corrected chi connectivity index (χ2v) is 6.04. The first-order valence-corrected chi connectivity index (χ1v) is 6.97. The van der Waals surface area contributed by atoms with E-state index in [1.807, 2.05) is 0 Å². The Balaban J connectivity index is 6.10. The largest absolute Gasteiger partial charge is 0.544 e. The van der Waals surface area contributed by atoms with Crippen LogP contribution in [0.4, 0.5) is 22.0 Å². The standard InChI is InChI=1S/C13H20F5NO6/c1-7(22)25-11(8(5-20)12(14,15)13(16,17)18)9(6-21)19(2,3)4-10(23)24/h8-9,11,20-21H,4-6H2,1-3H3. The Morgan fingerprint density at radius 3 is 1.88 bits per heavy atom. The van der Waals surface area contributed by atoms with E-state index in [0.29, 0.717) is 0 Å². The number of carboxylic acid groups (broad SMARTS) is 1. The highest BCUT2D eigenvalue weighted by molar-refractivity contribution is 5.66. The Bertz CT molecular complexity index is 482. The summed E-state index contributed by atoms with van der Waals surface area (Å²) in [6, 6.07) is -1.70. The van der Waals surface area contributed by atoms with Gasteiger partial charge in [0.25, 0.3) is 0 Å². The highest BCUT2D eigenvalue weighted by Gasteiger charge is 2.66. The van der Waals surface area contributed by atoms with Gasteiger partial charge in [-0.05, 0) is 0 Å². The summed E-state index contributed by atoms with van der Waals surface area (Å²) in [5.41, 5.74) is 0. The summed E-state index contributed by atoms with van der Waals surface area (Å²) in [4.78, 5) is 22.0. The van der Waals surface area contributed by atoms with Crippen LogP contribution in [0.5, 0.6) is 0 Å². The average molecular weight is 381 g/mol. The van der Waals surface area contributed by atoms with Gasteiger partial charge in [-0.1, -0.05) is 0 Å². The van der Waals surface area contributed by atoms with Crippen molar-refractivity contribution in [1.82, 2.24) is 0 Å². The van der Waals surface area contributed by atoms with Crippen LogP contribution >= 0.6 is 0 Å². The maximum absolute atomic E-state index is 13.7. The maximum atomic E-state index is 13.7. The van der Waals surface area contributed by atoms with Crippen molar-refractivity contribution < 1.29 is 56.1 Å². The number of rotatable bonds is 9. The number of esters is 1. The third kappa shape index (κ3) is 5.75. The zero-order valence-corrected chi connectivity index (χ0v) is 13.7. The Morgan fingerprint density at radius 1 is 1.12 bits per heavy atom. The summed E-state index contributed by atoms with van der Waals surface area (Å²) in [6.45, 7) is -2.96. The van der Waals surface area contributed by atoms with Crippen molar-refractivity contribution in [3.8, 4) is 0 Å². The molecule has 0 aromatic heterocycles. The van der Waals surface area contributed by atoms with Crippen molar-refractivity contribution in [3.05, 3.63) is 0 Å². The highest BCUT2D eigenvalue weighted by Crippen LogP contribution is 2.44. The lowest BCUT2D eigenvalue weighted by atomic mass is 9.88. The zero-order chi connectivity index (χ0) is 20.2. The molecule has 0 spiro atoms. The molecule has 3 unspecified atom stereocenters. The number of carbonyl (C=O) groups is 2.